The van der Waals surface area contributed by atoms with Crippen molar-refractivity contribution >= 4 is 5.69 Å². The van der Waals surface area contributed by atoms with Gasteiger partial charge in [-0.3, -0.25) is 0 Å². The second kappa shape index (κ2) is 4.63. The third-order valence-corrected chi connectivity index (χ3v) is 3.53. The van der Waals surface area contributed by atoms with Crippen LogP contribution in [0.15, 0.2) is 47.0 Å². The van der Waals surface area contributed by atoms with Gasteiger partial charge in [0.05, 0.1) is 6.61 Å². The Balaban J connectivity index is 1.69. The van der Waals surface area contributed by atoms with Gasteiger partial charge in [0.2, 0.25) is 5.82 Å². The third kappa shape index (κ3) is 2.12. The molecule has 104 valence electrons. The fourth-order valence-corrected chi connectivity index (χ4v) is 2.41. The number of nitrogens with two attached hydrogens (primary N) is 1. The standard InChI is InChI=1S/C16H13N3O2/c17-13-4-1-10(2-5-13)15-18-16(21-19-15)12-3-6-14-11(9-12)7-8-20-14/h1-6,9H,7-8,17H2. The number of benzene rings is 2. The summed E-state index contributed by atoms with van der Waals surface area (Å²) < 4.78 is 10.9. The van der Waals surface area contributed by atoms with E-state index in [1.807, 2.05) is 42.5 Å². The van der Waals surface area contributed by atoms with Gasteiger partial charge in [0.25, 0.3) is 5.89 Å². The lowest BCUT2D eigenvalue weighted by Crippen LogP contribution is -1.85. The first-order chi connectivity index (χ1) is 10.3. The first-order valence-electron chi connectivity index (χ1n) is 6.75. The van der Waals surface area contributed by atoms with Gasteiger partial charge in [-0.05, 0) is 48.0 Å². The molecule has 5 heteroatoms. The average Bonchev–Trinajstić information content (AvgIpc) is 3.16. The Bertz CT molecular complexity index is 794. The minimum Gasteiger partial charge on any atom is -0.493 e. The summed E-state index contributed by atoms with van der Waals surface area (Å²) in [5.74, 6) is 2.01. The summed E-state index contributed by atoms with van der Waals surface area (Å²) in [4.78, 5) is 4.45. The maximum absolute atomic E-state index is 5.68. The minimum atomic E-state index is 0.511. The molecule has 1 aliphatic rings. The zero-order valence-electron chi connectivity index (χ0n) is 11.2. The maximum Gasteiger partial charge on any atom is 0.258 e. The van der Waals surface area contributed by atoms with Crippen LogP contribution in [0, 0.1) is 0 Å². The molecule has 3 aromatic rings. The monoisotopic (exact) mass is 279 g/mol. The third-order valence-electron chi connectivity index (χ3n) is 3.53. The Morgan fingerprint density at radius 2 is 1.81 bits per heavy atom. The Morgan fingerprint density at radius 3 is 2.67 bits per heavy atom. The lowest BCUT2D eigenvalue weighted by Gasteiger charge is -1.99. The number of rotatable bonds is 2. The molecule has 0 radical (unpaired) electrons. The summed E-state index contributed by atoms with van der Waals surface area (Å²) in [7, 11) is 0. The summed E-state index contributed by atoms with van der Waals surface area (Å²) in [5, 5.41) is 4.03. The van der Waals surface area contributed by atoms with Crippen LogP contribution in [0.2, 0.25) is 0 Å². The van der Waals surface area contributed by atoms with E-state index in [4.69, 9.17) is 15.0 Å². The van der Waals surface area contributed by atoms with E-state index in [1.165, 1.54) is 5.56 Å². The smallest absolute Gasteiger partial charge is 0.258 e. The van der Waals surface area contributed by atoms with Crippen LogP contribution in [0.1, 0.15) is 5.56 Å². The highest BCUT2D eigenvalue weighted by molar-refractivity contribution is 5.63. The van der Waals surface area contributed by atoms with Crippen LogP contribution >= 0.6 is 0 Å². The molecule has 0 saturated heterocycles. The van der Waals surface area contributed by atoms with Crippen molar-refractivity contribution in [1.29, 1.82) is 0 Å². The van der Waals surface area contributed by atoms with E-state index in [1.54, 1.807) is 0 Å². The highest BCUT2D eigenvalue weighted by atomic mass is 16.5. The van der Waals surface area contributed by atoms with Gasteiger partial charge in [-0.2, -0.15) is 4.98 Å². The fraction of sp³-hybridized carbons (Fsp3) is 0.125. The SMILES string of the molecule is Nc1ccc(-c2noc(-c3ccc4c(c3)CCO4)n2)cc1. The molecule has 0 aliphatic carbocycles. The van der Waals surface area contributed by atoms with E-state index < -0.39 is 0 Å². The quantitative estimate of drug-likeness (QED) is 0.730. The zero-order valence-corrected chi connectivity index (χ0v) is 11.2. The van der Waals surface area contributed by atoms with E-state index in [-0.39, 0.29) is 0 Å². The highest BCUT2D eigenvalue weighted by Crippen LogP contribution is 2.30. The van der Waals surface area contributed by atoms with Gasteiger partial charge in [0.1, 0.15) is 5.75 Å². The van der Waals surface area contributed by atoms with E-state index >= 15 is 0 Å². The van der Waals surface area contributed by atoms with Crippen LogP contribution in [0.5, 0.6) is 5.75 Å². The predicted molar refractivity (Wildman–Crippen MR) is 78.8 cm³/mol. The van der Waals surface area contributed by atoms with E-state index in [9.17, 15) is 0 Å². The molecular formula is C16H13N3O2. The van der Waals surface area contributed by atoms with E-state index in [0.717, 1.165) is 29.9 Å². The number of aromatic nitrogens is 2. The number of hydrogen-bond acceptors (Lipinski definition) is 5. The molecule has 2 heterocycles. The van der Waals surface area contributed by atoms with Crippen molar-refractivity contribution in [1.82, 2.24) is 10.1 Å². The lowest BCUT2D eigenvalue weighted by molar-refractivity contribution is 0.357. The van der Waals surface area contributed by atoms with Gasteiger partial charge in [0, 0.05) is 23.2 Å². The predicted octanol–water partition coefficient (Wildman–Crippen LogP) is 2.92. The van der Waals surface area contributed by atoms with E-state index in [0.29, 0.717) is 17.4 Å². The van der Waals surface area contributed by atoms with Crippen molar-refractivity contribution in [2.24, 2.45) is 0 Å². The molecule has 21 heavy (non-hydrogen) atoms. The number of anilines is 1. The fourth-order valence-electron chi connectivity index (χ4n) is 2.41. The van der Waals surface area contributed by atoms with Crippen LogP contribution in [-0.4, -0.2) is 16.7 Å². The minimum absolute atomic E-state index is 0.511. The number of nitrogen functional groups attached to an aromatic ring is 1. The summed E-state index contributed by atoms with van der Waals surface area (Å²) in [6, 6.07) is 13.3. The lowest BCUT2D eigenvalue weighted by atomic mass is 10.1. The van der Waals surface area contributed by atoms with Crippen molar-refractivity contribution in [3.05, 3.63) is 48.0 Å². The number of hydrogen-bond donors (Lipinski definition) is 1. The molecule has 1 aromatic heterocycles. The first kappa shape index (κ1) is 12.0. The Morgan fingerprint density at radius 1 is 1.00 bits per heavy atom. The van der Waals surface area contributed by atoms with Gasteiger partial charge in [-0.25, -0.2) is 0 Å². The van der Waals surface area contributed by atoms with Gasteiger partial charge in [-0.15, -0.1) is 0 Å². The van der Waals surface area contributed by atoms with Crippen molar-refractivity contribution in [3.63, 3.8) is 0 Å². The van der Waals surface area contributed by atoms with Crippen molar-refractivity contribution < 1.29 is 9.26 Å². The summed E-state index contributed by atoms with van der Waals surface area (Å²) in [5.41, 5.74) is 9.36. The van der Waals surface area contributed by atoms with Gasteiger partial charge in [0.15, 0.2) is 0 Å². The van der Waals surface area contributed by atoms with Crippen molar-refractivity contribution in [3.8, 4) is 28.6 Å². The average molecular weight is 279 g/mol. The Kier molecular flexibility index (Phi) is 2.64. The van der Waals surface area contributed by atoms with E-state index in [2.05, 4.69) is 10.1 Å². The molecule has 0 spiro atoms. The molecule has 0 amide bonds. The van der Waals surface area contributed by atoms with Crippen LogP contribution in [0.3, 0.4) is 0 Å². The molecule has 0 saturated carbocycles. The Labute approximate surface area is 121 Å². The largest absolute Gasteiger partial charge is 0.493 e. The molecule has 5 nitrogen and oxygen atoms in total. The molecule has 0 atom stereocenters. The molecule has 0 unspecified atom stereocenters. The molecule has 4 rings (SSSR count). The van der Waals surface area contributed by atoms with Gasteiger partial charge < -0.3 is 15.0 Å². The second-order valence-corrected chi connectivity index (χ2v) is 4.97. The van der Waals surface area contributed by atoms with Gasteiger partial charge in [-0.1, -0.05) is 5.16 Å². The number of ether oxygens (including phenoxy) is 1. The maximum atomic E-state index is 5.68. The normalized spacial score (nSPS) is 13.0. The molecule has 0 fully saturated rings. The molecule has 0 bridgehead atoms. The highest BCUT2D eigenvalue weighted by Gasteiger charge is 2.16. The summed E-state index contributed by atoms with van der Waals surface area (Å²) in [6.07, 6.45) is 0.919. The van der Waals surface area contributed by atoms with Crippen LogP contribution in [0.4, 0.5) is 5.69 Å². The van der Waals surface area contributed by atoms with Gasteiger partial charge >= 0.3 is 0 Å². The van der Waals surface area contributed by atoms with Crippen LogP contribution in [-0.2, 0) is 6.42 Å². The number of nitrogens with zero attached hydrogens (tertiary/aromatic N) is 2. The van der Waals surface area contributed by atoms with Crippen LogP contribution in [0.25, 0.3) is 22.8 Å². The van der Waals surface area contributed by atoms with Crippen LogP contribution < -0.4 is 10.5 Å². The Hall–Kier alpha value is -2.82. The van der Waals surface area contributed by atoms with Crippen molar-refractivity contribution in [2.75, 3.05) is 12.3 Å². The second-order valence-electron chi connectivity index (χ2n) is 4.97. The summed E-state index contributed by atoms with van der Waals surface area (Å²) in [6.45, 7) is 0.735. The zero-order chi connectivity index (χ0) is 14.2. The van der Waals surface area contributed by atoms with Crippen molar-refractivity contribution in [2.45, 2.75) is 6.42 Å². The summed E-state index contributed by atoms with van der Waals surface area (Å²) >= 11 is 0. The molecule has 1 aliphatic heterocycles. The molecular weight excluding hydrogens is 266 g/mol. The first-order valence-corrected chi connectivity index (χ1v) is 6.75. The topological polar surface area (TPSA) is 74.2 Å². The molecule has 2 aromatic carbocycles. The number of fused-ring (bicyclic) bond motifs is 1. The molecule has 2 N–H and O–H groups in total.